The molecule has 3 nitrogen and oxygen atoms in total. The van der Waals surface area contributed by atoms with E-state index in [1.54, 1.807) is 7.05 Å². The molecule has 0 heterocycles. The molecular weight excluding hydrogens is 200 g/mol. The van der Waals surface area contributed by atoms with Crippen molar-refractivity contribution in [1.29, 1.82) is 0 Å². The van der Waals surface area contributed by atoms with Crippen LogP contribution in [-0.4, -0.2) is 32.5 Å². The molecule has 0 saturated carbocycles. The molecule has 0 spiro atoms. The maximum Gasteiger partial charge on any atom is 0.182 e. The number of rotatable bonds is 4. The Balaban J connectivity index is 2.94. The van der Waals surface area contributed by atoms with Crippen molar-refractivity contribution in [3.63, 3.8) is 0 Å². The lowest BCUT2D eigenvalue weighted by atomic mass is 9.93. The zero-order valence-electron chi connectivity index (χ0n) is 10.7. The second-order valence-electron chi connectivity index (χ2n) is 4.65. The summed E-state index contributed by atoms with van der Waals surface area (Å²) in [7, 11) is 5.76. The van der Waals surface area contributed by atoms with Gasteiger partial charge in [0, 0.05) is 25.3 Å². The molecule has 0 aliphatic rings. The van der Waals surface area contributed by atoms with Crippen LogP contribution < -0.4 is 10.2 Å². The quantitative estimate of drug-likeness (QED) is 0.787. The molecule has 0 unspecified atom stereocenters. The first-order chi connectivity index (χ1) is 7.38. The third-order valence-electron chi connectivity index (χ3n) is 2.84. The van der Waals surface area contributed by atoms with Crippen LogP contribution in [0.2, 0.25) is 0 Å². The summed E-state index contributed by atoms with van der Waals surface area (Å²) in [5.74, 6) is 0.111. The van der Waals surface area contributed by atoms with E-state index in [2.05, 4.69) is 5.32 Å². The number of anilines is 1. The minimum atomic E-state index is -0.514. The van der Waals surface area contributed by atoms with Crippen LogP contribution >= 0.6 is 0 Å². The van der Waals surface area contributed by atoms with Crippen molar-refractivity contribution >= 4 is 11.5 Å². The molecule has 3 heteroatoms. The number of nitrogens with one attached hydrogen (secondary N) is 1. The van der Waals surface area contributed by atoms with Crippen LogP contribution in [0.3, 0.4) is 0 Å². The predicted octanol–water partition coefficient (Wildman–Crippen LogP) is 1.93. The molecule has 88 valence electrons. The van der Waals surface area contributed by atoms with Crippen molar-refractivity contribution in [1.82, 2.24) is 5.32 Å². The molecule has 0 radical (unpaired) electrons. The maximum atomic E-state index is 12.1. The number of carbonyl (C=O) groups is 1. The molecule has 0 aromatic heterocycles. The van der Waals surface area contributed by atoms with Gasteiger partial charge in [-0.05, 0) is 45.2 Å². The lowest BCUT2D eigenvalue weighted by Gasteiger charge is -2.22. The fraction of sp³-hybridized carbons (Fsp3) is 0.462. The van der Waals surface area contributed by atoms with E-state index in [0.29, 0.717) is 0 Å². The number of ketones is 1. The van der Waals surface area contributed by atoms with Crippen LogP contribution in [0.25, 0.3) is 0 Å². The number of hydrogen-bond donors (Lipinski definition) is 1. The van der Waals surface area contributed by atoms with Crippen LogP contribution in [0.4, 0.5) is 5.69 Å². The molecule has 0 aliphatic carbocycles. The molecule has 1 N–H and O–H groups in total. The largest absolute Gasteiger partial charge is 0.378 e. The van der Waals surface area contributed by atoms with Crippen molar-refractivity contribution in [3.8, 4) is 0 Å². The summed E-state index contributed by atoms with van der Waals surface area (Å²) in [4.78, 5) is 14.1. The van der Waals surface area contributed by atoms with E-state index in [-0.39, 0.29) is 5.78 Å². The molecule has 0 amide bonds. The fourth-order valence-electron chi connectivity index (χ4n) is 1.39. The predicted molar refractivity (Wildman–Crippen MR) is 68.2 cm³/mol. The highest BCUT2D eigenvalue weighted by Gasteiger charge is 2.26. The molecule has 0 fully saturated rings. The van der Waals surface area contributed by atoms with E-state index in [1.165, 1.54) is 0 Å². The van der Waals surface area contributed by atoms with E-state index in [1.807, 2.05) is 57.1 Å². The summed E-state index contributed by atoms with van der Waals surface area (Å²) in [5, 5.41) is 3.02. The van der Waals surface area contributed by atoms with Gasteiger partial charge in [-0.25, -0.2) is 0 Å². The summed E-state index contributed by atoms with van der Waals surface area (Å²) in [5.41, 5.74) is 1.32. The Morgan fingerprint density at radius 3 is 2.06 bits per heavy atom. The van der Waals surface area contributed by atoms with Crippen LogP contribution in [0.15, 0.2) is 24.3 Å². The number of hydrogen-bond acceptors (Lipinski definition) is 3. The molecule has 0 saturated heterocycles. The molecule has 1 aromatic rings. The van der Waals surface area contributed by atoms with Crippen molar-refractivity contribution < 1.29 is 4.79 Å². The molecule has 16 heavy (non-hydrogen) atoms. The maximum absolute atomic E-state index is 12.1. The highest BCUT2D eigenvalue weighted by Crippen LogP contribution is 2.16. The first-order valence-electron chi connectivity index (χ1n) is 5.39. The number of carbonyl (C=O) groups excluding carboxylic acids is 1. The minimum Gasteiger partial charge on any atom is -0.378 e. The highest BCUT2D eigenvalue weighted by atomic mass is 16.1. The third kappa shape index (κ3) is 2.61. The van der Waals surface area contributed by atoms with E-state index in [0.717, 1.165) is 11.3 Å². The summed E-state index contributed by atoms with van der Waals surface area (Å²) in [6.45, 7) is 3.77. The Hall–Kier alpha value is -1.35. The summed E-state index contributed by atoms with van der Waals surface area (Å²) in [6.07, 6.45) is 0. The van der Waals surface area contributed by atoms with Crippen LogP contribution in [0.1, 0.15) is 24.2 Å². The van der Waals surface area contributed by atoms with Gasteiger partial charge in [0.05, 0.1) is 5.54 Å². The molecule has 1 aromatic carbocycles. The second-order valence-corrected chi connectivity index (χ2v) is 4.65. The lowest BCUT2D eigenvalue weighted by molar-refractivity contribution is 0.0889. The number of nitrogens with zero attached hydrogens (tertiary/aromatic N) is 1. The van der Waals surface area contributed by atoms with E-state index < -0.39 is 5.54 Å². The standard InChI is InChI=1S/C13H20N2O/c1-13(2,14-3)12(16)10-6-8-11(9-7-10)15(4)5/h6-9,14H,1-5H3. The first-order valence-corrected chi connectivity index (χ1v) is 5.39. The normalized spacial score (nSPS) is 11.3. The van der Waals surface area contributed by atoms with Gasteiger partial charge in [0.2, 0.25) is 0 Å². The topological polar surface area (TPSA) is 32.3 Å². The fourth-order valence-corrected chi connectivity index (χ4v) is 1.39. The second kappa shape index (κ2) is 4.66. The van der Waals surface area contributed by atoms with E-state index in [9.17, 15) is 4.79 Å². The van der Waals surface area contributed by atoms with Crippen LogP contribution in [-0.2, 0) is 0 Å². The minimum absolute atomic E-state index is 0.111. The van der Waals surface area contributed by atoms with Gasteiger partial charge in [0.15, 0.2) is 5.78 Å². The van der Waals surface area contributed by atoms with Gasteiger partial charge in [-0.15, -0.1) is 0 Å². The Labute approximate surface area is 97.5 Å². The molecule has 0 aliphatic heterocycles. The lowest BCUT2D eigenvalue weighted by Crippen LogP contribution is -2.44. The Morgan fingerprint density at radius 1 is 1.19 bits per heavy atom. The first kappa shape index (κ1) is 12.7. The number of likely N-dealkylation sites (N-methyl/N-ethyl adjacent to an activating group) is 1. The SMILES string of the molecule is CNC(C)(C)C(=O)c1ccc(N(C)C)cc1. The van der Waals surface area contributed by atoms with Gasteiger partial charge in [-0.3, -0.25) is 4.79 Å². The van der Waals surface area contributed by atoms with Crippen molar-refractivity contribution in [2.45, 2.75) is 19.4 Å². The molecule has 1 rings (SSSR count). The van der Waals surface area contributed by atoms with Gasteiger partial charge < -0.3 is 10.2 Å². The Kier molecular flexibility index (Phi) is 3.70. The molecule has 0 atom stereocenters. The smallest absolute Gasteiger partial charge is 0.182 e. The average Bonchev–Trinajstić information content (AvgIpc) is 2.28. The van der Waals surface area contributed by atoms with Gasteiger partial charge in [-0.1, -0.05) is 0 Å². The highest BCUT2D eigenvalue weighted by molar-refractivity contribution is 6.02. The van der Waals surface area contributed by atoms with Gasteiger partial charge in [0.25, 0.3) is 0 Å². The van der Waals surface area contributed by atoms with Gasteiger partial charge in [0.1, 0.15) is 0 Å². The summed E-state index contributed by atoms with van der Waals surface area (Å²) < 4.78 is 0. The third-order valence-corrected chi connectivity index (χ3v) is 2.84. The molecule has 0 bridgehead atoms. The Bertz CT molecular complexity index is 366. The zero-order chi connectivity index (χ0) is 12.3. The Morgan fingerprint density at radius 2 is 1.69 bits per heavy atom. The summed E-state index contributed by atoms with van der Waals surface area (Å²) in [6, 6.07) is 7.66. The zero-order valence-corrected chi connectivity index (χ0v) is 10.7. The average molecular weight is 220 g/mol. The van der Waals surface area contributed by atoms with Gasteiger partial charge >= 0.3 is 0 Å². The van der Waals surface area contributed by atoms with Crippen molar-refractivity contribution in [2.75, 3.05) is 26.0 Å². The van der Waals surface area contributed by atoms with Crippen LogP contribution in [0, 0.1) is 0 Å². The van der Waals surface area contributed by atoms with E-state index in [4.69, 9.17) is 0 Å². The number of Topliss-reactive ketones (excluding diaryl/α,β-unsaturated/α-hetero) is 1. The monoisotopic (exact) mass is 220 g/mol. The van der Waals surface area contributed by atoms with E-state index >= 15 is 0 Å². The van der Waals surface area contributed by atoms with Crippen molar-refractivity contribution in [2.24, 2.45) is 0 Å². The number of benzene rings is 1. The molecular formula is C13H20N2O. The van der Waals surface area contributed by atoms with Crippen LogP contribution in [0.5, 0.6) is 0 Å². The van der Waals surface area contributed by atoms with Gasteiger partial charge in [-0.2, -0.15) is 0 Å². The summed E-state index contributed by atoms with van der Waals surface area (Å²) >= 11 is 0. The van der Waals surface area contributed by atoms with Crippen molar-refractivity contribution in [3.05, 3.63) is 29.8 Å².